The van der Waals surface area contributed by atoms with E-state index in [-0.39, 0.29) is 5.82 Å². The van der Waals surface area contributed by atoms with Crippen molar-refractivity contribution in [2.45, 2.75) is 19.8 Å². The molecule has 0 bridgehead atoms. The molecular weight excluding hydrogens is 354 g/mol. The number of aryl methyl sites for hydroxylation is 1. The van der Waals surface area contributed by atoms with E-state index in [4.69, 9.17) is 5.73 Å². The van der Waals surface area contributed by atoms with Crippen molar-refractivity contribution in [2.75, 3.05) is 11.1 Å². The summed E-state index contributed by atoms with van der Waals surface area (Å²) in [6, 6.07) is 11.1. The third-order valence-electron chi connectivity index (χ3n) is 2.90. The van der Waals surface area contributed by atoms with Crippen molar-refractivity contribution >= 4 is 39.7 Å². The van der Waals surface area contributed by atoms with Gasteiger partial charge in [-0.05, 0) is 46.7 Å². The first-order valence-corrected chi connectivity index (χ1v) is 7.29. The maximum atomic E-state index is 13.6. The van der Waals surface area contributed by atoms with E-state index in [1.165, 1.54) is 11.6 Å². The van der Waals surface area contributed by atoms with Gasteiger partial charge in [0.25, 0.3) is 0 Å². The fourth-order valence-electron chi connectivity index (χ4n) is 1.95. The molecule has 0 aliphatic carbocycles. The third-order valence-corrected chi connectivity index (χ3v) is 3.73. The molecule has 2 rings (SSSR count). The lowest BCUT2D eigenvalue weighted by atomic mass is 10.1. The van der Waals surface area contributed by atoms with Crippen LogP contribution in [-0.2, 0) is 6.42 Å². The Morgan fingerprint density at radius 2 is 1.95 bits per heavy atom. The molecule has 3 N–H and O–H groups in total. The smallest absolute Gasteiger partial charge is 0.138 e. The molecule has 0 saturated heterocycles. The van der Waals surface area contributed by atoms with Crippen LogP contribution in [0.15, 0.2) is 36.4 Å². The molecule has 2 aromatic rings. The molecule has 0 aliphatic rings. The number of halogens is 2. The van der Waals surface area contributed by atoms with E-state index < -0.39 is 0 Å². The molecule has 0 spiro atoms. The molecule has 19 heavy (non-hydrogen) atoms. The average molecular weight is 370 g/mol. The van der Waals surface area contributed by atoms with Gasteiger partial charge in [-0.1, -0.05) is 31.5 Å². The van der Waals surface area contributed by atoms with Gasteiger partial charge in [-0.25, -0.2) is 4.39 Å². The van der Waals surface area contributed by atoms with Crippen molar-refractivity contribution in [1.82, 2.24) is 0 Å². The lowest BCUT2D eigenvalue weighted by Gasteiger charge is -2.14. The number of benzene rings is 2. The van der Waals surface area contributed by atoms with E-state index in [2.05, 4.69) is 18.3 Å². The van der Waals surface area contributed by atoms with Crippen LogP contribution >= 0.6 is 22.6 Å². The monoisotopic (exact) mass is 370 g/mol. The number of nitrogen functional groups attached to an aromatic ring is 1. The largest absolute Gasteiger partial charge is 0.397 e. The average Bonchev–Trinajstić information content (AvgIpc) is 2.38. The van der Waals surface area contributed by atoms with Gasteiger partial charge in [0.15, 0.2) is 0 Å². The Bertz CT molecular complexity index is 584. The highest BCUT2D eigenvalue weighted by Gasteiger charge is 2.08. The van der Waals surface area contributed by atoms with Crippen molar-refractivity contribution in [3.05, 3.63) is 51.3 Å². The zero-order valence-corrected chi connectivity index (χ0v) is 12.9. The van der Waals surface area contributed by atoms with Crippen molar-refractivity contribution < 1.29 is 4.39 Å². The van der Waals surface area contributed by atoms with E-state index in [0.717, 1.165) is 18.5 Å². The lowest BCUT2D eigenvalue weighted by Crippen LogP contribution is -2.01. The minimum atomic E-state index is -0.259. The van der Waals surface area contributed by atoms with E-state index in [1.54, 1.807) is 6.07 Å². The molecule has 0 saturated carbocycles. The number of anilines is 3. The van der Waals surface area contributed by atoms with Gasteiger partial charge in [0.2, 0.25) is 0 Å². The number of nitrogens with one attached hydrogen (secondary N) is 1. The molecule has 0 unspecified atom stereocenters. The van der Waals surface area contributed by atoms with E-state index in [9.17, 15) is 4.39 Å². The predicted octanol–water partition coefficient (Wildman–Crippen LogP) is 4.71. The first kappa shape index (κ1) is 14.1. The van der Waals surface area contributed by atoms with Crippen molar-refractivity contribution in [3.8, 4) is 0 Å². The highest BCUT2D eigenvalue weighted by atomic mass is 127. The van der Waals surface area contributed by atoms with Gasteiger partial charge < -0.3 is 11.1 Å². The zero-order valence-electron chi connectivity index (χ0n) is 10.7. The van der Waals surface area contributed by atoms with Gasteiger partial charge >= 0.3 is 0 Å². The molecule has 100 valence electrons. The molecule has 0 fully saturated rings. The number of hydrogen-bond donors (Lipinski definition) is 2. The Morgan fingerprint density at radius 3 is 2.68 bits per heavy atom. The van der Waals surface area contributed by atoms with Gasteiger partial charge in [-0.3, -0.25) is 0 Å². The molecule has 0 radical (unpaired) electrons. The third kappa shape index (κ3) is 3.37. The van der Waals surface area contributed by atoms with Crippen LogP contribution in [-0.4, -0.2) is 0 Å². The van der Waals surface area contributed by atoms with Gasteiger partial charge in [0.1, 0.15) is 5.82 Å². The fraction of sp³-hybridized carbons (Fsp3) is 0.200. The Morgan fingerprint density at radius 1 is 1.21 bits per heavy atom. The van der Waals surface area contributed by atoms with E-state index in [1.807, 2.05) is 40.8 Å². The topological polar surface area (TPSA) is 38.0 Å². The first-order chi connectivity index (χ1) is 9.11. The van der Waals surface area contributed by atoms with Gasteiger partial charge in [-0.15, -0.1) is 0 Å². The van der Waals surface area contributed by atoms with Crippen LogP contribution in [0.2, 0.25) is 0 Å². The summed E-state index contributed by atoms with van der Waals surface area (Å²) in [6.45, 7) is 2.13. The highest BCUT2D eigenvalue weighted by molar-refractivity contribution is 14.1. The normalized spacial score (nSPS) is 10.5. The van der Waals surface area contributed by atoms with Crippen LogP contribution in [0.5, 0.6) is 0 Å². The molecule has 2 aromatic carbocycles. The van der Waals surface area contributed by atoms with Crippen molar-refractivity contribution in [1.29, 1.82) is 0 Å². The number of para-hydroxylation sites is 1. The minimum Gasteiger partial charge on any atom is -0.397 e. The van der Waals surface area contributed by atoms with Gasteiger partial charge in [0, 0.05) is 11.8 Å². The predicted molar refractivity (Wildman–Crippen MR) is 87.2 cm³/mol. The molecular formula is C15H16FIN2. The summed E-state index contributed by atoms with van der Waals surface area (Å²) in [5, 5.41) is 3.23. The lowest BCUT2D eigenvalue weighted by molar-refractivity contribution is 0.621. The van der Waals surface area contributed by atoms with E-state index in [0.29, 0.717) is 14.9 Å². The maximum absolute atomic E-state index is 13.6. The second-order valence-electron chi connectivity index (χ2n) is 4.39. The van der Waals surface area contributed by atoms with Crippen LogP contribution in [0.3, 0.4) is 0 Å². The summed E-state index contributed by atoms with van der Waals surface area (Å²) < 4.78 is 14.1. The van der Waals surface area contributed by atoms with Crippen LogP contribution < -0.4 is 11.1 Å². The Balaban J connectivity index is 2.33. The van der Waals surface area contributed by atoms with Gasteiger partial charge in [0.05, 0.1) is 14.9 Å². The standard InChI is InChI=1S/C15H16FIN2/c1-2-5-10-6-3-4-7-14(10)19-15-8-11(16)12(17)9-13(15)18/h3-4,6-9,19H,2,5,18H2,1H3. The zero-order chi connectivity index (χ0) is 13.8. The fourth-order valence-corrected chi connectivity index (χ4v) is 2.44. The number of hydrogen-bond acceptors (Lipinski definition) is 2. The van der Waals surface area contributed by atoms with E-state index >= 15 is 0 Å². The highest BCUT2D eigenvalue weighted by Crippen LogP contribution is 2.29. The van der Waals surface area contributed by atoms with Gasteiger partial charge in [-0.2, -0.15) is 0 Å². The Kier molecular flexibility index (Phi) is 4.63. The van der Waals surface area contributed by atoms with Crippen LogP contribution in [0.4, 0.5) is 21.5 Å². The second-order valence-corrected chi connectivity index (χ2v) is 5.55. The Labute approximate surface area is 126 Å². The van der Waals surface area contributed by atoms with Crippen molar-refractivity contribution in [2.24, 2.45) is 0 Å². The molecule has 0 amide bonds. The quantitative estimate of drug-likeness (QED) is 0.604. The molecule has 4 heteroatoms. The molecule has 0 aliphatic heterocycles. The summed E-state index contributed by atoms with van der Waals surface area (Å²) in [5.74, 6) is -0.259. The maximum Gasteiger partial charge on any atom is 0.138 e. The summed E-state index contributed by atoms with van der Waals surface area (Å²) in [6.07, 6.45) is 2.05. The van der Waals surface area contributed by atoms with Crippen LogP contribution in [0, 0.1) is 9.39 Å². The summed E-state index contributed by atoms with van der Waals surface area (Å²) >= 11 is 1.93. The summed E-state index contributed by atoms with van der Waals surface area (Å²) in [5.41, 5.74) is 9.29. The number of rotatable bonds is 4. The first-order valence-electron chi connectivity index (χ1n) is 6.21. The van der Waals surface area contributed by atoms with Crippen LogP contribution in [0.1, 0.15) is 18.9 Å². The van der Waals surface area contributed by atoms with Crippen molar-refractivity contribution in [3.63, 3.8) is 0 Å². The molecule has 0 atom stereocenters. The summed E-state index contributed by atoms with van der Waals surface area (Å²) in [7, 11) is 0. The Hall–Kier alpha value is -1.30. The summed E-state index contributed by atoms with van der Waals surface area (Å²) in [4.78, 5) is 0. The minimum absolute atomic E-state index is 0.259. The molecule has 2 nitrogen and oxygen atoms in total. The second kappa shape index (κ2) is 6.23. The SMILES string of the molecule is CCCc1ccccc1Nc1cc(F)c(I)cc1N. The molecule has 0 aromatic heterocycles. The van der Waals surface area contributed by atoms with Crippen LogP contribution in [0.25, 0.3) is 0 Å². The number of nitrogens with two attached hydrogens (primary N) is 1. The molecule has 0 heterocycles.